The second-order valence-corrected chi connectivity index (χ2v) is 2.31. The van der Waals surface area contributed by atoms with Crippen molar-refractivity contribution in [2.24, 2.45) is 0 Å². The Morgan fingerprint density at radius 1 is 1.58 bits per heavy atom. The van der Waals surface area contributed by atoms with E-state index in [2.05, 4.69) is 15.5 Å². The van der Waals surface area contributed by atoms with E-state index in [-0.39, 0.29) is 12.2 Å². The molecule has 0 amide bonds. The summed E-state index contributed by atoms with van der Waals surface area (Å²) in [5.41, 5.74) is 0.545. The fraction of sp³-hybridized carbons (Fsp3) is 0.429. The van der Waals surface area contributed by atoms with Crippen LogP contribution in [0.4, 0.5) is 0 Å². The van der Waals surface area contributed by atoms with Crippen LogP contribution in [-0.4, -0.2) is 28.5 Å². The van der Waals surface area contributed by atoms with Crippen molar-refractivity contribution in [1.82, 2.24) is 15.5 Å². The topological polar surface area (TPSA) is 78.0 Å². The zero-order valence-corrected chi connectivity index (χ0v) is 6.58. The number of aromatic amines is 1. The molecule has 0 unspecified atom stereocenters. The van der Waals surface area contributed by atoms with Gasteiger partial charge in [-0.1, -0.05) is 0 Å². The number of nitrogens with one attached hydrogen (secondary N) is 2. The molecule has 1 aromatic heterocycles. The number of aliphatic hydroxyl groups is 1. The standard InChI is InChI=1S/C7H11N3O2/c11-4-3-8-5-6-1-2-7(12)10-9-6/h1-2,8,11H,3-5H2,(H,10,12). The molecule has 1 aromatic rings. The molecule has 0 aliphatic carbocycles. The average Bonchev–Trinajstić information content (AvgIpc) is 2.09. The van der Waals surface area contributed by atoms with Crippen LogP contribution in [0.1, 0.15) is 5.69 Å². The Balaban J connectivity index is 2.42. The van der Waals surface area contributed by atoms with Gasteiger partial charge in [0.1, 0.15) is 0 Å². The Morgan fingerprint density at radius 3 is 3.00 bits per heavy atom. The lowest BCUT2D eigenvalue weighted by Gasteiger charge is -1.99. The van der Waals surface area contributed by atoms with Gasteiger partial charge in [0.05, 0.1) is 12.3 Å². The van der Waals surface area contributed by atoms with Crippen LogP contribution in [0.25, 0.3) is 0 Å². The third kappa shape index (κ3) is 2.81. The van der Waals surface area contributed by atoms with Crippen molar-refractivity contribution < 1.29 is 5.11 Å². The SMILES string of the molecule is O=c1ccc(CNCCO)n[nH]1. The lowest BCUT2D eigenvalue weighted by Crippen LogP contribution is -2.19. The number of aromatic nitrogens is 2. The first-order valence-corrected chi connectivity index (χ1v) is 3.69. The van der Waals surface area contributed by atoms with Crippen LogP contribution in [0.2, 0.25) is 0 Å². The van der Waals surface area contributed by atoms with E-state index in [0.29, 0.717) is 13.1 Å². The van der Waals surface area contributed by atoms with E-state index in [1.54, 1.807) is 6.07 Å². The minimum Gasteiger partial charge on any atom is -0.395 e. The fourth-order valence-corrected chi connectivity index (χ4v) is 0.767. The monoisotopic (exact) mass is 169 g/mol. The molecule has 5 heteroatoms. The smallest absolute Gasteiger partial charge is 0.264 e. The normalized spacial score (nSPS) is 10.1. The molecular formula is C7H11N3O2. The summed E-state index contributed by atoms with van der Waals surface area (Å²) >= 11 is 0. The summed E-state index contributed by atoms with van der Waals surface area (Å²) in [5, 5.41) is 17.5. The van der Waals surface area contributed by atoms with Crippen molar-refractivity contribution in [2.45, 2.75) is 6.54 Å². The van der Waals surface area contributed by atoms with E-state index < -0.39 is 0 Å². The first kappa shape index (κ1) is 8.89. The molecule has 0 aliphatic rings. The predicted molar refractivity (Wildman–Crippen MR) is 43.7 cm³/mol. The van der Waals surface area contributed by atoms with E-state index in [0.717, 1.165) is 5.69 Å². The summed E-state index contributed by atoms with van der Waals surface area (Å²) in [6, 6.07) is 3.06. The van der Waals surface area contributed by atoms with Gasteiger partial charge in [-0.25, -0.2) is 5.10 Å². The van der Waals surface area contributed by atoms with Gasteiger partial charge in [0.2, 0.25) is 0 Å². The Morgan fingerprint density at radius 2 is 2.42 bits per heavy atom. The number of hydrogen-bond donors (Lipinski definition) is 3. The van der Waals surface area contributed by atoms with Crippen LogP contribution in [-0.2, 0) is 6.54 Å². The van der Waals surface area contributed by atoms with Crippen molar-refractivity contribution in [3.8, 4) is 0 Å². The van der Waals surface area contributed by atoms with E-state index >= 15 is 0 Å². The Labute approximate surface area is 69.4 Å². The van der Waals surface area contributed by atoms with Crippen molar-refractivity contribution in [3.05, 3.63) is 28.2 Å². The molecule has 0 bridgehead atoms. The third-order valence-electron chi connectivity index (χ3n) is 1.33. The summed E-state index contributed by atoms with van der Waals surface area (Å²) in [4.78, 5) is 10.6. The second-order valence-electron chi connectivity index (χ2n) is 2.31. The third-order valence-corrected chi connectivity index (χ3v) is 1.33. The van der Waals surface area contributed by atoms with Gasteiger partial charge in [-0.05, 0) is 6.07 Å². The summed E-state index contributed by atoms with van der Waals surface area (Å²) in [6.07, 6.45) is 0. The molecule has 3 N–H and O–H groups in total. The van der Waals surface area contributed by atoms with Crippen molar-refractivity contribution in [1.29, 1.82) is 0 Å². The van der Waals surface area contributed by atoms with Crippen LogP contribution in [0.15, 0.2) is 16.9 Å². The lowest BCUT2D eigenvalue weighted by atomic mass is 10.4. The van der Waals surface area contributed by atoms with Crippen LogP contribution in [0.5, 0.6) is 0 Å². The summed E-state index contributed by atoms with van der Waals surface area (Å²) in [5.74, 6) is 0. The number of nitrogens with zero attached hydrogens (tertiary/aromatic N) is 1. The van der Waals surface area contributed by atoms with Crippen LogP contribution in [0, 0.1) is 0 Å². The second kappa shape index (κ2) is 4.63. The molecule has 66 valence electrons. The minimum atomic E-state index is -0.207. The Kier molecular flexibility index (Phi) is 3.43. The zero-order chi connectivity index (χ0) is 8.81. The van der Waals surface area contributed by atoms with Gasteiger partial charge in [0, 0.05) is 19.2 Å². The molecule has 0 fully saturated rings. The molecule has 12 heavy (non-hydrogen) atoms. The van der Waals surface area contributed by atoms with Crippen molar-refractivity contribution in [2.75, 3.05) is 13.2 Å². The van der Waals surface area contributed by atoms with Crippen molar-refractivity contribution in [3.63, 3.8) is 0 Å². The summed E-state index contributed by atoms with van der Waals surface area (Å²) in [7, 11) is 0. The maximum Gasteiger partial charge on any atom is 0.264 e. The van der Waals surface area contributed by atoms with Gasteiger partial charge in [-0.2, -0.15) is 5.10 Å². The van der Waals surface area contributed by atoms with Crippen LogP contribution < -0.4 is 10.9 Å². The quantitative estimate of drug-likeness (QED) is 0.497. The highest BCUT2D eigenvalue weighted by Crippen LogP contribution is 1.85. The van der Waals surface area contributed by atoms with E-state index in [1.165, 1.54) is 6.07 Å². The van der Waals surface area contributed by atoms with Gasteiger partial charge >= 0.3 is 0 Å². The molecular weight excluding hydrogens is 158 g/mol. The molecule has 0 aliphatic heterocycles. The number of rotatable bonds is 4. The number of H-pyrrole nitrogens is 1. The fourth-order valence-electron chi connectivity index (χ4n) is 0.767. The number of aliphatic hydroxyl groups excluding tert-OH is 1. The molecule has 0 aromatic carbocycles. The van der Waals surface area contributed by atoms with E-state index in [1.807, 2.05) is 0 Å². The minimum absolute atomic E-state index is 0.101. The zero-order valence-electron chi connectivity index (χ0n) is 6.58. The Bertz CT molecular complexity index is 264. The molecule has 0 spiro atoms. The Hall–Kier alpha value is -1.20. The summed E-state index contributed by atoms with van der Waals surface area (Å²) in [6.45, 7) is 1.18. The predicted octanol–water partition coefficient (Wildman–Crippen LogP) is -1.15. The molecule has 0 radical (unpaired) electrons. The molecule has 1 heterocycles. The van der Waals surface area contributed by atoms with Gasteiger partial charge in [-0.15, -0.1) is 0 Å². The van der Waals surface area contributed by atoms with Gasteiger partial charge < -0.3 is 10.4 Å². The highest BCUT2D eigenvalue weighted by atomic mass is 16.3. The maximum absolute atomic E-state index is 10.6. The molecule has 0 saturated heterocycles. The first-order valence-electron chi connectivity index (χ1n) is 3.69. The molecule has 0 atom stereocenters. The molecule has 1 rings (SSSR count). The largest absolute Gasteiger partial charge is 0.395 e. The molecule has 0 saturated carbocycles. The highest BCUT2D eigenvalue weighted by Gasteiger charge is 1.92. The first-order chi connectivity index (χ1) is 5.83. The van der Waals surface area contributed by atoms with Crippen LogP contribution >= 0.6 is 0 Å². The summed E-state index contributed by atoms with van der Waals surface area (Å²) < 4.78 is 0. The van der Waals surface area contributed by atoms with E-state index in [4.69, 9.17) is 5.11 Å². The number of hydrogen-bond acceptors (Lipinski definition) is 4. The maximum atomic E-state index is 10.6. The molecule has 5 nitrogen and oxygen atoms in total. The van der Waals surface area contributed by atoms with Crippen LogP contribution in [0.3, 0.4) is 0 Å². The average molecular weight is 169 g/mol. The van der Waals surface area contributed by atoms with Gasteiger partial charge in [0.25, 0.3) is 5.56 Å². The van der Waals surface area contributed by atoms with E-state index in [9.17, 15) is 4.79 Å². The lowest BCUT2D eigenvalue weighted by molar-refractivity contribution is 0.291. The van der Waals surface area contributed by atoms with Gasteiger partial charge in [0.15, 0.2) is 0 Å². The highest BCUT2D eigenvalue weighted by molar-refractivity contribution is 4.98. The van der Waals surface area contributed by atoms with Crippen molar-refractivity contribution >= 4 is 0 Å². The van der Waals surface area contributed by atoms with Gasteiger partial charge in [-0.3, -0.25) is 4.79 Å².